The van der Waals surface area contributed by atoms with Gasteiger partial charge >= 0.3 is 0 Å². The number of aliphatic hydroxyl groups is 1. The molecule has 88 valence electrons. The summed E-state index contributed by atoms with van der Waals surface area (Å²) in [6, 6.07) is 11.5. The molecule has 0 spiro atoms. The SMILES string of the molecule is O[C@H]1CCC[C@@H]2[C@H]1Cc1cc3ccccc3n12. The highest BCUT2D eigenvalue weighted by atomic mass is 16.3. The van der Waals surface area contributed by atoms with Crippen LogP contribution >= 0.6 is 0 Å². The van der Waals surface area contributed by atoms with Crippen LogP contribution in [0.4, 0.5) is 0 Å². The molecular formula is C15H17NO. The van der Waals surface area contributed by atoms with Crippen LogP contribution in [-0.4, -0.2) is 15.8 Å². The van der Waals surface area contributed by atoms with E-state index in [1.807, 2.05) is 0 Å². The molecular weight excluding hydrogens is 210 g/mol. The lowest BCUT2D eigenvalue weighted by Gasteiger charge is -2.31. The fraction of sp³-hybridized carbons (Fsp3) is 0.467. The maximum atomic E-state index is 10.1. The number of aliphatic hydroxyl groups excluding tert-OH is 1. The summed E-state index contributed by atoms with van der Waals surface area (Å²) in [4.78, 5) is 0. The molecule has 0 amide bonds. The fourth-order valence-corrected chi connectivity index (χ4v) is 3.84. The van der Waals surface area contributed by atoms with Crippen molar-refractivity contribution in [3.63, 3.8) is 0 Å². The Morgan fingerprint density at radius 1 is 1.18 bits per heavy atom. The maximum absolute atomic E-state index is 10.1. The first-order valence-electron chi connectivity index (χ1n) is 6.61. The molecule has 1 N–H and O–H groups in total. The van der Waals surface area contributed by atoms with E-state index in [0.717, 1.165) is 19.3 Å². The molecule has 0 radical (unpaired) electrons. The molecule has 17 heavy (non-hydrogen) atoms. The summed E-state index contributed by atoms with van der Waals surface area (Å²) in [7, 11) is 0. The lowest BCUT2D eigenvalue weighted by atomic mass is 9.82. The first-order chi connectivity index (χ1) is 8.34. The lowest BCUT2D eigenvalue weighted by molar-refractivity contribution is 0.0519. The average Bonchev–Trinajstić information content (AvgIpc) is 2.85. The van der Waals surface area contributed by atoms with Crippen molar-refractivity contribution >= 4 is 10.9 Å². The van der Waals surface area contributed by atoms with Crippen molar-refractivity contribution in [2.45, 2.75) is 37.8 Å². The normalized spacial score (nSPS) is 31.5. The standard InChI is InChI=1S/C15H17NO/c17-15-7-3-6-14-12(15)9-11-8-10-4-1-2-5-13(10)16(11)14/h1-2,4-5,8,12,14-15,17H,3,6-7,9H2/t12-,14-,15+/m1/s1. The quantitative estimate of drug-likeness (QED) is 0.735. The molecule has 2 nitrogen and oxygen atoms in total. The second-order valence-electron chi connectivity index (χ2n) is 5.50. The van der Waals surface area contributed by atoms with Crippen LogP contribution in [-0.2, 0) is 6.42 Å². The van der Waals surface area contributed by atoms with E-state index in [0.29, 0.717) is 12.0 Å². The molecule has 4 rings (SSSR count). The molecule has 0 unspecified atom stereocenters. The highest BCUT2D eigenvalue weighted by molar-refractivity contribution is 5.81. The first-order valence-corrected chi connectivity index (χ1v) is 6.61. The minimum absolute atomic E-state index is 0.0904. The Morgan fingerprint density at radius 2 is 2.06 bits per heavy atom. The summed E-state index contributed by atoms with van der Waals surface area (Å²) in [5.74, 6) is 0.461. The van der Waals surface area contributed by atoms with Gasteiger partial charge in [0.05, 0.1) is 6.10 Å². The van der Waals surface area contributed by atoms with Gasteiger partial charge in [0, 0.05) is 23.2 Å². The van der Waals surface area contributed by atoms with Gasteiger partial charge in [0.25, 0.3) is 0 Å². The molecule has 1 aliphatic carbocycles. The lowest BCUT2D eigenvalue weighted by Crippen LogP contribution is -2.30. The summed E-state index contributed by atoms with van der Waals surface area (Å²) >= 11 is 0. The molecule has 1 aromatic heterocycles. The van der Waals surface area contributed by atoms with Crippen LogP contribution in [0.3, 0.4) is 0 Å². The summed E-state index contributed by atoms with van der Waals surface area (Å²) in [6.45, 7) is 0. The van der Waals surface area contributed by atoms with E-state index in [9.17, 15) is 5.11 Å². The molecule has 1 aromatic carbocycles. The zero-order chi connectivity index (χ0) is 11.4. The van der Waals surface area contributed by atoms with Crippen molar-refractivity contribution in [1.29, 1.82) is 0 Å². The maximum Gasteiger partial charge on any atom is 0.0591 e. The van der Waals surface area contributed by atoms with Crippen LogP contribution in [0.2, 0.25) is 0 Å². The van der Waals surface area contributed by atoms with Crippen molar-refractivity contribution < 1.29 is 5.11 Å². The highest BCUT2D eigenvalue weighted by Gasteiger charge is 2.39. The van der Waals surface area contributed by atoms with Crippen LogP contribution in [0.1, 0.15) is 31.0 Å². The predicted octanol–water partition coefficient (Wildman–Crippen LogP) is 2.90. The highest BCUT2D eigenvalue weighted by Crippen LogP contribution is 2.44. The van der Waals surface area contributed by atoms with Crippen molar-refractivity contribution in [3.8, 4) is 0 Å². The van der Waals surface area contributed by atoms with Gasteiger partial charge in [0.2, 0.25) is 0 Å². The molecule has 2 aliphatic rings. The van der Waals surface area contributed by atoms with E-state index in [2.05, 4.69) is 34.9 Å². The van der Waals surface area contributed by atoms with Gasteiger partial charge in [-0.3, -0.25) is 0 Å². The molecule has 2 heteroatoms. The average molecular weight is 227 g/mol. The second kappa shape index (κ2) is 3.36. The third kappa shape index (κ3) is 1.25. The van der Waals surface area contributed by atoms with Crippen molar-refractivity contribution in [1.82, 2.24) is 4.57 Å². The van der Waals surface area contributed by atoms with E-state index < -0.39 is 0 Å². The third-order valence-corrected chi connectivity index (χ3v) is 4.59. The minimum Gasteiger partial charge on any atom is -0.393 e. The smallest absolute Gasteiger partial charge is 0.0591 e. The third-order valence-electron chi connectivity index (χ3n) is 4.59. The topological polar surface area (TPSA) is 25.2 Å². The number of fused-ring (bicyclic) bond motifs is 5. The van der Waals surface area contributed by atoms with E-state index in [1.54, 1.807) is 0 Å². The van der Waals surface area contributed by atoms with E-state index in [1.165, 1.54) is 23.0 Å². The molecule has 0 bridgehead atoms. The van der Waals surface area contributed by atoms with Crippen molar-refractivity contribution in [2.75, 3.05) is 0 Å². The molecule has 3 atom stereocenters. The van der Waals surface area contributed by atoms with Crippen LogP contribution in [0, 0.1) is 5.92 Å². The van der Waals surface area contributed by atoms with Gasteiger partial charge in [-0.25, -0.2) is 0 Å². The summed E-state index contributed by atoms with van der Waals surface area (Å²) in [5, 5.41) is 11.5. The minimum atomic E-state index is -0.0904. The molecule has 2 heterocycles. The number of para-hydroxylation sites is 1. The predicted molar refractivity (Wildman–Crippen MR) is 68.0 cm³/mol. The molecule has 1 fully saturated rings. The van der Waals surface area contributed by atoms with E-state index in [-0.39, 0.29) is 6.10 Å². The van der Waals surface area contributed by atoms with Crippen LogP contribution in [0.15, 0.2) is 30.3 Å². The van der Waals surface area contributed by atoms with Gasteiger partial charge in [0.15, 0.2) is 0 Å². The van der Waals surface area contributed by atoms with Crippen LogP contribution < -0.4 is 0 Å². The monoisotopic (exact) mass is 227 g/mol. The van der Waals surface area contributed by atoms with Gasteiger partial charge in [0.1, 0.15) is 0 Å². The number of aromatic nitrogens is 1. The van der Waals surface area contributed by atoms with Gasteiger partial charge in [-0.1, -0.05) is 18.2 Å². The fourth-order valence-electron chi connectivity index (χ4n) is 3.84. The van der Waals surface area contributed by atoms with Gasteiger partial charge in [-0.2, -0.15) is 0 Å². The summed E-state index contributed by atoms with van der Waals surface area (Å²) in [6.07, 6.45) is 4.35. The Kier molecular flexibility index (Phi) is 1.92. The molecule has 1 saturated carbocycles. The largest absolute Gasteiger partial charge is 0.393 e. The molecule has 2 aromatic rings. The number of rotatable bonds is 0. The Balaban J connectivity index is 1.90. The summed E-state index contributed by atoms with van der Waals surface area (Å²) in [5.41, 5.74) is 2.77. The van der Waals surface area contributed by atoms with Gasteiger partial charge in [-0.15, -0.1) is 0 Å². The Morgan fingerprint density at radius 3 is 3.00 bits per heavy atom. The summed E-state index contributed by atoms with van der Waals surface area (Å²) < 4.78 is 2.49. The zero-order valence-corrected chi connectivity index (χ0v) is 9.84. The number of hydrogen-bond acceptors (Lipinski definition) is 1. The number of nitrogens with zero attached hydrogens (tertiary/aromatic N) is 1. The van der Waals surface area contributed by atoms with Crippen molar-refractivity contribution in [2.24, 2.45) is 5.92 Å². The molecule has 1 aliphatic heterocycles. The second-order valence-corrected chi connectivity index (χ2v) is 5.50. The van der Waals surface area contributed by atoms with Crippen molar-refractivity contribution in [3.05, 3.63) is 36.0 Å². The first kappa shape index (κ1) is 9.72. The van der Waals surface area contributed by atoms with E-state index >= 15 is 0 Å². The van der Waals surface area contributed by atoms with Crippen LogP contribution in [0.5, 0.6) is 0 Å². The zero-order valence-electron chi connectivity index (χ0n) is 9.84. The Labute approximate surface area is 101 Å². The number of benzene rings is 1. The van der Waals surface area contributed by atoms with Crippen LogP contribution in [0.25, 0.3) is 10.9 Å². The Hall–Kier alpha value is -1.28. The van der Waals surface area contributed by atoms with E-state index in [4.69, 9.17) is 0 Å². The van der Waals surface area contributed by atoms with Gasteiger partial charge in [-0.05, 0) is 43.2 Å². The molecule has 0 saturated heterocycles. The number of hydrogen-bond donors (Lipinski definition) is 1. The Bertz CT molecular complexity index is 571. The van der Waals surface area contributed by atoms with Gasteiger partial charge < -0.3 is 9.67 Å².